The van der Waals surface area contributed by atoms with Gasteiger partial charge < -0.3 is 14.6 Å². The van der Waals surface area contributed by atoms with Gasteiger partial charge in [-0.15, -0.1) is 0 Å². The molecule has 0 atom stereocenters. The zero-order chi connectivity index (χ0) is 23.3. The lowest BCUT2D eigenvalue weighted by Gasteiger charge is -2.07. The van der Waals surface area contributed by atoms with Crippen LogP contribution in [-0.4, -0.2) is 30.1 Å². The van der Waals surface area contributed by atoms with Gasteiger partial charge in [0.25, 0.3) is 0 Å². The molecule has 2 rings (SSSR count). The molecule has 2 aromatic rings. The van der Waals surface area contributed by atoms with Crippen molar-refractivity contribution in [3.8, 4) is 0 Å². The van der Waals surface area contributed by atoms with E-state index in [-0.39, 0.29) is 11.9 Å². The van der Waals surface area contributed by atoms with E-state index in [1.54, 1.807) is 0 Å². The molecule has 6 heteroatoms. The van der Waals surface area contributed by atoms with E-state index in [1.165, 1.54) is 39.2 Å². The van der Waals surface area contributed by atoms with Crippen LogP contribution in [0.15, 0.2) is 18.2 Å². The number of nitrogens with one attached hydrogen (secondary N) is 1. The molecule has 0 unspecified atom stereocenters. The molecule has 1 heterocycles. The first-order chi connectivity index (χ1) is 15.5. The number of hydrogen-bond acceptors (Lipinski definition) is 3. The third-order valence-electron chi connectivity index (χ3n) is 6.18. The van der Waals surface area contributed by atoms with Gasteiger partial charge in [0, 0.05) is 41.1 Å². The second-order valence-electron chi connectivity index (χ2n) is 8.50. The van der Waals surface area contributed by atoms with Crippen LogP contribution in [0.5, 0.6) is 0 Å². The summed E-state index contributed by atoms with van der Waals surface area (Å²) in [6.45, 7) is 5.81. The number of aromatic nitrogens is 1. The predicted molar refractivity (Wildman–Crippen MR) is 132 cm³/mol. The summed E-state index contributed by atoms with van der Waals surface area (Å²) < 4.78 is 6.89. The number of rotatable bonds is 15. The first kappa shape index (κ1) is 26.2. The van der Waals surface area contributed by atoms with E-state index in [2.05, 4.69) is 28.5 Å². The molecule has 32 heavy (non-hydrogen) atoms. The minimum Gasteiger partial charge on any atom is -0.469 e. The highest BCUT2D eigenvalue weighted by Gasteiger charge is 2.16. The summed E-state index contributed by atoms with van der Waals surface area (Å²) in [5, 5.41) is 4.87. The Bertz CT molecular complexity index is 876. The number of carbonyl (C=O) groups excluding carboxylic acids is 2. The number of hydrogen-bond donors (Lipinski definition) is 1. The van der Waals surface area contributed by atoms with Crippen molar-refractivity contribution < 1.29 is 14.3 Å². The molecule has 1 aromatic heterocycles. The number of halogens is 1. The SMILES string of the molecule is CCn1c(C)c(CC(=O)NCCCCCCCCCCCC(=O)OC)c2cc(Cl)ccc21. The Morgan fingerprint density at radius 2 is 1.62 bits per heavy atom. The van der Waals surface area contributed by atoms with Crippen LogP contribution < -0.4 is 5.32 Å². The molecule has 178 valence electrons. The number of nitrogens with zero attached hydrogens (tertiary/aromatic N) is 1. The molecule has 0 fully saturated rings. The topological polar surface area (TPSA) is 60.3 Å². The van der Waals surface area contributed by atoms with Gasteiger partial charge in [-0.05, 0) is 50.5 Å². The normalized spacial score (nSPS) is 11.1. The smallest absolute Gasteiger partial charge is 0.305 e. The van der Waals surface area contributed by atoms with Crippen LogP contribution in [0.4, 0.5) is 0 Å². The molecular weight excluding hydrogens is 424 g/mol. The number of fused-ring (bicyclic) bond motifs is 1. The minimum atomic E-state index is -0.107. The highest BCUT2D eigenvalue weighted by molar-refractivity contribution is 6.31. The minimum absolute atomic E-state index is 0.0789. The first-order valence-corrected chi connectivity index (χ1v) is 12.5. The fraction of sp³-hybridized carbons (Fsp3) is 0.615. The van der Waals surface area contributed by atoms with Gasteiger partial charge in [-0.25, -0.2) is 0 Å². The van der Waals surface area contributed by atoms with E-state index in [0.717, 1.165) is 60.9 Å². The lowest BCUT2D eigenvalue weighted by Crippen LogP contribution is -2.26. The summed E-state index contributed by atoms with van der Waals surface area (Å²) >= 11 is 6.21. The van der Waals surface area contributed by atoms with Gasteiger partial charge in [-0.2, -0.15) is 0 Å². The van der Waals surface area contributed by atoms with Gasteiger partial charge in [0.15, 0.2) is 0 Å². The lowest BCUT2D eigenvalue weighted by molar-refractivity contribution is -0.140. The second kappa shape index (κ2) is 14.2. The number of amides is 1. The zero-order valence-corrected chi connectivity index (χ0v) is 20.7. The predicted octanol–water partition coefficient (Wildman–Crippen LogP) is 6.36. The Kier molecular flexibility index (Phi) is 11.6. The van der Waals surface area contributed by atoms with Gasteiger partial charge in [0.1, 0.15) is 0 Å². The van der Waals surface area contributed by atoms with E-state index in [1.807, 2.05) is 18.2 Å². The van der Waals surface area contributed by atoms with Gasteiger partial charge in [0.05, 0.1) is 13.5 Å². The number of aryl methyl sites for hydroxylation is 1. The molecule has 0 radical (unpaired) electrons. The first-order valence-electron chi connectivity index (χ1n) is 12.1. The molecule has 0 bridgehead atoms. The average Bonchev–Trinajstić information content (AvgIpc) is 3.04. The largest absolute Gasteiger partial charge is 0.469 e. The molecule has 0 saturated carbocycles. The number of benzene rings is 1. The molecule has 5 nitrogen and oxygen atoms in total. The molecule has 0 aliphatic heterocycles. The van der Waals surface area contributed by atoms with Crippen molar-refractivity contribution in [3.05, 3.63) is 34.5 Å². The van der Waals surface area contributed by atoms with E-state index >= 15 is 0 Å². The number of ether oxygens (including phenoxy) is 1. The number of carbonyl (C=O) groups is 2. The van der Waals surface area contributed by atoms with E-state index < -0.39 is 0 Å². The maximum atomic E-state index is 12.5. The molecule has 0 aliphatic rings. The summed E-state index contributed by atoms with van der Waals surface area (Å²) in [4.78, 5) is 23.6. The zero-order valence-electron chi connectivity index (χ0n) is 20.0. The van der Waals surface area contributed by atoms with Crippen LogP contribution in [0.3, 0.4) is 0 Å². The van der Waals surface area contributed by atoms with E-state index in [0.29, 0.717) is 17.9 Å². The summed E-state index contributed by atoms with van der Waals surface area (Å²) in [7, 11) is 1.44. The quantitative estimate of drug-likeness (QED) is 0.247. The van der Waals surface area contributed by atoms with Crippen molar-refractivity contribution in [3.63, 3.8) is 0 Å². The van der Waals surface area contributed by atoms with Gasteiger partial charge >= 0.3 is 5.97 Å². The third-order valence-corrected chi connectivity index (χ3v) is 6.41. The van der Waals surface area contributed by atoms with Gasteiger partial charge in [-0.1, -0.05) is 56.5 Å². The van der Waals surface area contributed by atoms with Crippen molar-refractivity contribution in [1.29, 1.82) is 0 Å². The standard InChI is InChI=1S/C26H39ClN2O3/c1-4-29-20(2)22(23-18-21(27)15-16-24(23)29)19-25(30)28-17-13-11-9-7-5-6-8-10-12-14-26(31)32-3/h15-16,18H,4-14,17,19H2,1-3H3,(H,28,30). The van der Waals surface area contributed by atoms with Crippen LogP contribution in [0.1, 0.15) is 82.4 Å². The van der Waals surface area contributed by atoms with Crippen molar-refractivity contribution in [2.45, 2.75) is 91.0 Å². The highest BCUT2D eigenvalue weighted by atomic mass is 35.5. The van der Waals surface area contributed by atoms with Crippen molar-refractivity contribution in [1.82, 2.24) is 9.88 Å². The average molecular weight is 463 g/mol. The van der Waals surface area contributed by atoms with Crippen molar-refractivity contribution in [2.24, 2.45) is 0 Å². The van der Waals surface area contributed by atoms with Crippen LogP contribution in [-0.2, 0) is 27.3 Å². The number of methoxy groups -OCH3 is 1. The maximum Gasteiger partial charge on any atom is 0.305 e. The lowest BCUT2D eigenvalue weighted by atomic mass is 10.1. The van der Waals surface area contributed by atoms with Crippen molar-refractivity contribution in [2.75, 3.05) is 13.7 Å². The Hall–Kier alpha value is -2.01. The molecular formula is C26H39ClN2O3. The summed E-state index contributed by atoms with van der Waals surface area (Å²) in [6, 6.07) is 5.92. The van der Waals surface area contributed by atoms with E-state index in [4.69, 9.17) is 11.6 Å². The Balaban J connectivity index is 1.59. The second-order valence-corrected chi connectivity index (χ2v) is 8.94. The third kappa shape index (κ3) is 8.16. The Labute approximate surface area is 197 Å². The van der Waals surface area contributed by atoms with Crippen LogP contribution in [0.25, 0.3) is 10.9 Å². The van der Waals surface area contributed by atoms with Gasteiger partial charge in [-0.3, -0.25) is 9.59 Å². The highest BCUT2D eigenvalue weighted by Crippen LogP contribution is 2.29. The van der Waals surface area contributed by atoms with Crippen LogP contribution in [0.2, 0.25) is 5.02 Å². The fourth-order valence-electron chi connectivity index (χ4n) is 4.34. The van der Waals surface area contributed by atoms with Crippen molar-refractivity contribution >= 4 is 34.4 Å². The summed E-state index contributed by atoms with van der Waals surface area (Å²) in [6.07, 6.45) is 11.2. The fourth-order valence-corrected chi connectivity index (χ4v) is 4.51. The molecule has 1 amide bonds. The number of esters is 1. The number of unbranched alkanes of at least 4 members (excludes halogenated alkanes) is 8. The molecule has 0 aliphatic carbocycles. The summed E-state index contributed by atoms with van der Waals surface area (Å²) in [5.74, 6) is -0.0282. The molecule has 1 N–H and O–H groups in total. The Morgan fingerprint density at radius 3 is 2.25 bits per heavy atom. The van der Waals surface area contributed by atoms with Gasteiger partial charge in [0.2, 0.25) is 5.91 Å². The van der Waals surface area contributed by atoms with Crippen LogP contribution >= 0.6 is 11.6 Å². The Morgan fingerprint density at radius 1 is 1.00 bits per heavy atom. The molecule has 1 aromatic carbocycles. The summed E-state index contributed by atoms with van der Waals surface area (Å²) in [5.41, 5.74) is 3.36. The van der Waals surface area contributed by atoms with Crippen LogP contribution in [0, 0.1) is 6.92 Å². The van der Waals surface area contributed by atoms with E-state index in [9.17, 15) is 9.59 Å². The maximum absolute atomic E-state index is 12.5. The molecule has 0 spiro atoms. The molecule has 0 saturated heterocycles. The monoisotopic (exact) mass is 462 g/mol.